The maximum atomic E-state index is 6.13. The number of ether oxygens (including phenoxy) is 1. The van der Waals surface area contributed by atoms with Gasteiger partial charge in [0.05, 0.1) is 12.2 Å². The lowest BCUT2D eigenvalue weighted by molar-refractivity contribution is 0.0227. The van der Waals surface area contributed by atoms with Gasteiger partial charge in [-0.3, -0.25) is 9.80 Å². The molecule has 3 rings (SSSR count). The minimum absolute atomic E-state index is 0.445. The zero-order valence-corrected chi connectivity index (χ0v) is 12.5. The lowest BCUT2D eigenvalue weighted by Gasteiger charge is -2.27. The van der Waals surface area contributed by atoms with Crippen LogP contribution in [0.4, 0.5) is 0 Å². The first-order valence-electron chi connectivity index (χ1n) is 8.00. The average Bonchev–Trinajstić information content (AvgIpc) is 2.90. The first-order valence-corrected chi connectivity index (χ1v) is 8.00. The van der Waals surface area contributed by atoms with Gasteiger partial charge >= 0.3 is 0 Å². The largest absolute Gasteiger partial charge is 0.372 e. The zero-order valence-electron chi connectivity index (χ0n) is 12.5. The fourth-order valence-corrected chi connectivity index (χ4v) is 4.13. The highest BCUT2D eigenvalue weighted by atomic mass is 16.5. The van der Waals surface area contributed by atoms with Gasteiger partial charge in [0, 0.05) is 31.7 Å². The molecule has 3 aliphatic heterocycles. The van der Waals surface area contributed by atoms with Gasteiger partial charge in [0.2, 0.25) is 0 Å². The van der Waals surface area contributed by atoms with E-state index in [1.165, 1.54) is 45.2 Å². The molecule has 4 atom stereocenters. The molecule has 1 N–H and O–H groups in total. The first kappa shape index (κ1) is 13.8. The Hall–Kier alpha value is -0.160. The molecule has 2 bridgehead atoms. The fourth-order valence-electron chi connectivity index (χ4n) is 4.13. The van der Waals surface area contributed by atoms with Crippen LogP contribution in [0.3, 0.4) is 0 Å². The van der Waals surface area contributed by atoms with Gasteiger partial charge in [-0.2, -0.15) is 0 Å². The second kappa shape index (κ2) is 6.08. The van der Waals surface area contributed by atoms with E-state index in [2.05, 4.69) is 22.2 Å². The number of rotatable bonds is 4. The highest BCUT2D eigenvalue weighted by molar-refractivity contribution is 4.92. The van der Waals surface area contributed by atoms with Crippen LogP contribution in [0.2, 0.25) is 0 Å². The molecule has 0 aromatic carbocycles. The monoisotopic (exact) mass is 267 g/mol. The van der Waals surface area contributed by atoms with Crippen LogP contribution >= 0.6 is 0 Å². The van der Waals surface area contributed by atoms with Gasteiger partial charge in [0.15, 0.2) is 0 Å². The van der Waals surface area contributed by atoms with Gasteiger partial charge in [-0.15, -0.1) is 0 Å². The van der Waals surface area contributed by atoms with Crippen molar-refractivity contribution in [1.29, 1.82) is 0 Å². The third kappa shape index (κ3) is 3.13. The van der Waals surface area contributed by atoms with Gasteiger partial charge in [0.1, 0.15) is 0 Å². The minimum atomic E-state index is 0.445. The van der Waals surface area contributed by atoms with Gasteiger partial charge in [-0.25, -0.2) is 0 Å². The van der Waals surface area contributed by atoms with Gasteiger partial charge in [0.25, 0.3) is 0 Å². The third-order valence-corrected chi connectivity index (χ3v) is 5.32. The van der Waals surface area contributed by atoms with E-state index in [0.717, 1.165) is 25.2 Å². The van der Waals surface area contributed by atoms with E-state index in [1.54, 1.807) is 0 Å². The van der Waals surface area contributed by atoms with E-state index < -0.39 is 0 Å². The van der Waals surface area contributed by atoms with Gasteiger partial charge < -0.3 is 10.1 Å². The Bertz CT molecular complexity index is 299. The molecule has 0 aromatic heterocycles. The van der Waals surface area contributed by atoms with E-state index in [4.69, 9.17) is 4.74 Å². The molecule has 110 valence electrons. The summed E-state index contributed by atoms with van der Waals surface area (Å²) >= 11 is 0. The van der Waals surface area contributed by atoms with Crippen molar-refractivity contribution < 1.29 is 4.74 Å². The van der Waals surface area contributed by atoms with Crippen LogP contribution < -0.4 is 5.32 Å². The fraction of sp³-hybridized carbons (Fsp3) is 1.00. The molecule has 4 heteroatoms. The average molecular weight is 267 g/mol. The number of hydrogen-bond donors (Lipinski definition) is 1. The SMILES string of the molecule is CNCC1CCC(CN2CCC3CCC(C2)N3C)O1. The van der Waals surface area contributed by atoms with E-state index in [0.29, 0.717) is 12.2 Å². The van der Waals surface area contributed by atoms with Crippen LogP contribution in [0.5, 0.6) is 0 Å². The molecule has 0 aromatic rings. The summed E-state index contributed by atoms with van der Waals surface area (Å²) in [6.45, 7) is 4.67. The summed E-state index contributed by atoms with van der Waals surface area (Å²) in [6, 6.07) is 1.64. The molecule has 19 heavy (non-hydrogen) atoms. The summed E-state index contributed by atoms with van der Waals surface area (Å²) in [4.78, 5) is 5.28. The molecule has 3 fully saturated rings. The first-order chi connectivity index (χ1) is 9.26. The molecule has 0 aliphatic carbocycles. The topological polar surface area (TPSA) is 27.7 Å². The standard InChI is InChI=1S/C15H29N3O/c1-16-9-14-5-6-15(19-14)11-18-8-7-12-3-4-13(10-18)17(12)2/h12-16H,3-11H2,1-2H3. The molecule has 3 heterocycles. The lowest BCUT2D eigenvalue weighted by Crippen LogP contribution is -2.40. The molecule has 0 saturated carbocycles. The molecule has 3 aliphatic rings. The highest BCUT2D eigenvalue weighted by Gasteiger charge is 2.36. The summed E-state index contributed by atoms with van der Waals surface area (Å²) in [7, 11) is 4.33. The van der Waals surface area contributed by atoms with E-state index >= 15 is 0 Å². The highest BCUT2D eigenvalue weighted by Crippen LogP contribution is 2.29. The predicted molar refractivity (Wildman–Crippen MR) is 77.5 cm³/mol. The van der Waals surface area contributed by atoms with Crippen LogP contribution in [-0.4, -0.2) is 74.4 Å². The van der Waals surface area contributed by atoms with E-state index in [-0.39, 0.29) is 0 Å². The van der Waals surface area contributed by atoms with E-state index in [9.17, 15) is 0 Å². The van der Waals surface area contributed by atoms with Crippen molar-refractivity contribution in [3.05, 3.63) is 0 Å². The van der Waals surface area contributed by atoms with Crippen molar-refractivity contribution in [2.75, 3.05) is 40.3 Å². The maximum absolute atomic E-state index is 6.13. The van der Waals surface area contributed by atoms with E-state index in [1.807, 2.05) is 7.05 Å². The number of nitrogens with one attached hydrogen (secondary N) is 1. The Kier molecular flexibility index (Phi) is 4.42. The van der Waals surface area contributed by atoms with Crippen LogP contribution in [0.15, 0.2) is 0 Å². The Balaban J connectivity index is 1.48. The van der Waals surface area contributed by atoms with Crippen LogP contribution in [0.25, 0.3) is 0 Å². The Labute approximate surface area is 117 Å². The van der Waals surface area contributed by atoms with Gasteiger partial charge in [-0.05, 0) is 52.7 Å². The van der Waals surface area contributed by atoms with Crippen molar-refractivity contribution in [3.63, 3.8) is 0 Å². The zero-order chi connectivity index (χ0) is 13.2. The van der Waals surface area contributed by atoms with Crippen molar-refractivity contribution in [2.45, 2.75) is 56.4 Å². The molecule has 0 radical (unpaired) electrons. The smallest absolute Gasteiger partial charge is 0.0707 e. The molecule has 4 unspecified atom stereocenters. The lowest BCUT2D eigenvalue weighted by atomic mass is 10.1. The van der Waals surface area contributed by atoms with Crippen LogP contribution in [0.1, 0.15) is 32.1 Å². The molecule has 0 spiro atoms. The van der Waals surface area contributed by atoms with Crippen molar-refractivity contribution in [2.24, 2.45) is 0 Å². The summed E-state index contributed by atoms with van der Waals surface area (Å²) in [5.41, 5.74) is 0. The third-order valence-electron chi connectivity index (χ3n) is 5.32. The summed E-state index contributed by atoms with van der Waals surface area (Å²) in [5.74, 6) is 0. The Morgan fingerprint density at radius 3 is 2.68 bits per heavy atom. The number of likely N-dealkylation sites (tertiary alicyclic amines) is 1. The maximum Gasteiger partial charge on any atom is 0.0707 e. The molecular weight excluding hydrogens is 238 g/mol. The van der Waals surface area contributed by atoms with Crippen molar-refractivity contribution in [3.8, 4) is 0 Å². The number of hydrogen-bond acceptors (Lipinski definition) is 4. The van der Waals surface area contributed by atoms with Crippen molar-refractivity contribution >= 4 is 0 Å². The Morgan fingerprint density at radius 2 is 1.84 bits per heavy atom. The summed E-state index contributed by atoms with van der Waals surface area (Å²) in [6.07, 6.45) is 7.55. The Morgan fingerprint density at radius 1 is 1.05 bits per heavy atom. The van der Waals surface area contributed by atoms with Crippen LogP contribution in [-0.2, 0) is 4.74 Å². The molecule has 3 saturated heterocycles. The second-order valence-corrected chi connectivity index (χ2v) is 6.61. The minimum Gasteiger partial charge on any atom is -0.372 e. The molecule has 4 nitrogen and oxygen atoms in total. The normalized spacial score (nSPS) is 40.7. The number of fused-ring (bicyclic) bond motifs is 2. The van der Waals surface area contributed by atoms with Crippen molar-refractivity contribution in [1.82, 2.24) is 15.1 Å². The predicted octanol–water partition coefficient (Wildman–Crippen LogP) is 0.922. The second-order valence-electron chi connectivity index (χ2n) is 6.61. The summed E-state index contributed by atoms with van der Waals surface area (Å²) in [5, 5.41) is 3.23. The molecular formula is C15H29N3O. The molecule has 0 amide bonds. The number of likely N-dealkylation sites (N-methyl/N-ethyl adjacent to an activating group) is 2. The number of nitrogens with zero attached hydrogens (tertiary/aromatic N) is 2. The van der Waals surface area contributed by atoms with Gasteiger partial charge in [-0.1, -0.05) is 0 Å². The van der Waals surface area contributed by atoms with Crippen LogP contribution in [0, 0.1) is 0 Å². The summed E-state index contributed by atoms with van der Waals surface area (Å²) < 4.78 is 6.13. The quantitative estimate of drug-likeness (QED) is 0.820.